The minimum absolute atomic E-state index is 0.0252. The third-order valence-corrected chi connectivity index (χ3v) is 4.72. The summed E-state index contributed by atoms with van der Waals surface area (Å²) >= 11 is 5.88. The number of fused-ring (bicyclic) bond motifs is 1. The number of rotatable bonds is 5. The first-order valence-corrected chi connectivity index (χ1v) is 8.78. The fourth-order valence-electron chi connectivity index (χ4n) is 3.05. The Kier molecular flexibility index (Phi) is 5.34. The minimum atomic E-state index is 0.0252. The Morgan fingerprint density at radius 2 is 1.80 bits per heavy atom. The third-order valence-electron chi connectivity index (χ3n) is 4.47. The van der Waals surface area contributed by atoms with Crippen LogP contribution in [0.15, 0.2) is 48.5 Å². The molecule has 0 aliphatic carbocycles. The van der Waals surface area contributed by atoms with Crippen LogP contribution in [0.3, 0.4) is 0 Å². The first-order valence-electron chi connectivity index (χ1n) is 8.40. The highest BCUT2D eigenvalue weighted by atomic mass is 35.5. The van der Waals surface area contributed by atoms with Crippen molar-refractivity contribution in [3.8, 4) is 0 Å². The lowest BCUT2D eigenvalue weighted by Gasteiger charge is -2.12. The summed E-state index contributed by atoms with van der Waals surface area (Å²) in [5.41, 5.74) is 5.21. The van der Waals surface area contributed by atoms with E-state index < -0.39 is 0 Å². The number of para-hydroxylation sites is 1. The molecule has 3 nitrogen and oxygen atoms in total. The molecule has 3 aromatic rings. The van der Waals surface area contributed by atoms with Gasteiger partial charge in [0.1, 0.15) is 0 Å². The van der Waals surface area contributed by atoms with Gasteiger partial charge in [0.2, 0.25) is 5.91 Å². The van der Waals surface area contributed by atoms with Crippen molar-refractivity contribution in [2.75, 3.05) is 6.54 Å². The van der Waals surface area contributed by atoms with Crippen molar-refractivity contribution in [3.63, 3.8) is 0 Å². The van der Waals surface area contributed by atoms with Gasteiger partial charge in [-0.2, -0.15) is 0 Å². The van der Waals surface area contributed by atoms with Crippen LogP contribution in [0.4, 0.5) is 0 Å². The standard InChI is InChI=1S/C21H21ClN2O/c1-14-18-5-3-4-6-20(18)24-15(2)19(14)13-21(25)23-12-11-16-7-9-17(22)10-8-16/h3-10H,11-13H2,1-2H3,(H,23,25). The number of hydrogen-bond donors (Lipinski definition) is 1. The van der Waals surface area contributed by atoms with Crippen LogP contribution in [-0.4, -0.2) is 17.4 Å². The van der Waals surface area contributed by atoms with Gasteiger partial charge in [-0.05, 0) is 55.2 Å². The minimum Gasteiger partial charge on any atom is -0.355 e. The van der Waals surface area contributed by atoms with Crippen molar-refractivity contribution in [1.82, 2.24) is 10.3 Å². The monoisotopic (exact) mass is 352 g/mol. The van der Waals surface area contributed by atoms with Gasteiger partial charge in [0.25, 0.3) is 0 Å². The second kappa shape index (κ2) is 7.66. The lowest BCUT2D eigenvalue weighted by molar-refractivity contribution is -0.120. The summed E-state index contributed by atoms with van der Waals surface area (Å²) in [6, 6.07) is 15.7. The molecular weight excluding hydrogens is 332 g/mol. The molecule has 0 fully saturated rings. The molecule has 0 saturated carbocycles. The van der Waals surface area contributed by atoms with Crippen LogP contribution in [0.1, 0.15) is 22.4 Å². The van der Waals surface area contributed by atoms with Crippen molar-refractivity contribution in [2.45, 2.75) is 26.7 Å². The summed E-state index contributed by atoms with van der Waals surface area (Å²) < 4.78 is 0. The molecule has 0 atom stereocenters. The molecule has 1 amide bonds. The van der Waals surface area contributed by atoms with Crippen LogP contribution in [0.5, 0.6) is 0 Å². The Balaban J connectivity index is 1.64. The first-order chi connectivity index (χ1) is 12.0. The number of hydrogen-bond acceptors (Lipinski definition) is 2. The Hall–Kier alpha value is -2.39. The van der Waals surface area contributed by atoms with E-state index in [1.807, 2.05) is 49.4 Å². The number of pyridine rings is 1. The van der Waals surface area contributed by atoms with E-state index in [4.69, 9.17) is 11.6 Å². The number of aromatic nitrogens is 1. The molecule has 0 bridgehead atoms. The molecule has 0 aliphatic heterocycles. The van der Waals surface area contributed by atoms with Crippen LogP contribution in [0, 0.1) is 13.8 Å². The molecule has 1 aromatic heterocycles. The summed E-state index contributed by atoms with van der Waals surface area (Å²) in [5, 5.41) is 4.83. The fourth-order valence-corrected chi connectivity index (χ4v) is 3.18. The van der Waals surface area contributed by atoms with E-state index >= 15 is 0 Å². The quantitative estimate of drug-likeness (QED) is 0.739. The Morgan fingerprint density at radius 1 is 1.08 bits per heavy atom. The van der Waals surface area contributed by atoms with E-state index in [0.29, 0.717) is 13.0 Å². The first kappa shape index (κ1) is 17.4. The molecule has 0 radical (unpaired) electrons. The lowest BCUT2D eigenvalue weighted by atomic mass is 9.99. The smallest absolute Gasteiger partial charge is 0.224 e. The zero-order chi connectivity index (χ0) is 17.8. The number of benzene rings is 2. The van der Waals surface area contributed by atoms with Crippen LogP contribution in [-0.2, 0) is 17.6 Å². The van der Waals surface area contributed by atoms with Gasteiger partial charge >= 0.3 is 0 Å². The van der Waals surface area contributed by atoms with E-state index in [9.17, 15) is 4.79 Å². The molecule has 1 heterocycles. The van der Waals surface area contributed by atoms with Gasteiger partial charge in [-0.25, -0.2) is 0 Å². The number of carbonyl (C=O) groups is 1. The number of aryl methyl sites for hydroxylation is 2. The molecule has 4 heteroatoms. The van der Waals surface area contributed by atoms with E-state index in [2.05, 4.69) is 23.3 Å². The molecule has 128 valence electrons. The van der Waals surface area contributed by atoms with Crippen LogP contribution >= 0.6 is 11.6 Å². The van der Waals surface area contributed by atoms with Crippen molar-refractivity contribution in [1.29, 1.82) is 0 Å². The van der Waals surface area contributed by atoms with Crippen molar-refractivity contribution < 1.29 is 4.79 Å². The van der Waals surface area contributed by atoms with Gasteiger partial charge in [0, 0.05) is 22.6 Å². The average Bonchev–Trinajstić information content (AvgIpc) is 2.60. The predicted molar refractivity (Wildman–Crippen MR) is 103 cm³/mol. The molecule has 0 saturated heterocycles. The summed E-state index contributed by atoms with van der Waals surface area (Å²) in [5.74, 6) is 0.0252. The summed E-state index contributed by atoms with van der Waals surface area (Å²) in [6.45, 7) is 4.64. The van der Waals surface area contributed by atoms with Crippen molar-refractivity contribution in [3.05, 3.63) is 75.9 Å². The maximum atomic E-state index is 12.3. The largest absolute Gasteiger partial charge is 0.355 e. The molecule has 3 rings (SSSR count). The molecule has 1 N–H and O–H groups in total. The number of halogens is 1. The summed E-state index contributed by atoms with van der Waals surface area (Å²) in [7, 11) is 0. The van der Waals surface area contributed by atoms with Crippen LogP contribution < -0.4 is 5.32 Å². The van der Waals surface area contributed by atoms with Gasteiger partial charge in [-0.3, -0.25) is 9.78 Å². The Morgan fingerprint density at radius 3 is 2.56 bits per heavy atom. The zero-order valence-corrected chi connectivity index (χ0v) is 15.2. The van der Waals surface area contributed by atoms with Crippen molar-refractivity contribution in [2.24, 2.45) is 0 Å². The SMILES string of the molecule is Cc1nc2ccccc2c(C)c1CC(=O)NCCc1ccc(Cl)cc1. The van der Waals surface area contributed by atoms with Gasteiger partial charge in [0.05, 0.1) is 11.9 Å². The normalized spacial score (nSPS) is 10.8. The second-order valence-corrected chi connectivity index (χ2v) is 6.66. The highest BCUT2D eigenvalue weighted by Crippen LogP contribution is 2.22. The van der Waals surface area contributed by atoms with Gasteiger partial charge in [-0.1, -0.05) is 41.9 Å². The zero-order valence-electron chi connectivity index (χ0n) is 14.5. The third kappa shape index (κ3) is 4.18. The Labute approximate surface area is 153 Å². The number of amides is 1. The van der Waals surface area contributed by atoms with Crippen LogP contribution in [0.25, 0.3) is 10.9 Å². The van der Waals surface area contributed by atoms with E-state index in [0.717, 1.165) is 44.7 Å². The fraction of sp³-hybridized carbons (Fsp3) is 0.238. The van der Waals surface area contributed by atoms with Gasteiger partial charge < -0.3 is 5.32 Å². The van der Waals surface area contributed by atoms with E-state index in [-0.39, 0.29) is 5.91 Å². The van der Waals surface area contributed by atoms with Gasteiger partial charge in [0.15, 0.2) is 0 Å². The highest BCUT2D eigenvalue weighted by molar-refractivity contribution is 6.30. The highest BCUT2D eigenvalue weighted by Gasteiger charge is 2.12. The number of nitrogens with one attached hydrogen (secondary N) is 1. The number of nitrogens with zero attached hydrogens (tertiary/aromatic N) is 1. The molecule has 0 spiro atoms. The van der Waals surface area contributed by atoms with E-state index in [1.165, 1.54) is 0 Å². The summed E-state index contributed by atoms with van der Waals surface area (Å²) in [6.07, 6.45) is 1.15. The van der Waals surface area contributed by atoms with Crippen LogP contribution in [0.2, 0.25) is 5.02 Å². The van der Waals surface area contributed by atoms with E-state index in [1.54, 1.807) is 0 Å². The maximum Gasteiger partial charge on any atom is 0.224 e. The molecule has 25 heavy (non-hydrogen) atoms. The molecule has 2 aromatic carbocycles. The second-order valence-electron chi connectivity index (χ2n) is 6.22. The average molecular weight is 353 g/mol. The lowest BCUT2D eigenvalue weighted by Crippen LogP contribution is -2.28. The molecule has 0 aliphatic rings. The molecule has 0 unspecified atom stereocenters. The van der Waals surface area contributed by atoms with Crippen molar-refractivity contribution >= 4 is 28.4 Å². The topological polar surface area (TPSA) is 42.0 Å². The maximum absolute atomic E-state index is 12.3. The Bertz CT molecular complexity index is 904. The molecular formula is C21H21ClN2O. The predicted octanol–water partition coefficient (Wildman–Crippen LogP) is 4.41. The summed E-state index contributed by atoms with van der Waals surface area (Å²) in [4.78, 5) is 17.0. The number of carbonyl (C=O) groups excluding carboxylic acids is 1. The van der Waals surface area contributed by atoms with Gasteiger partial charge in [-0.15, -0.1) is 0 Å².